The van der Waals surface area contributed by atoms with Gasteiger partial charge in [0.05, 0.1) is 12.2 Å². The molecule has 1 aliphatic heterocycles. The van der Waals surface area contributed by atoms with E-state index in [4.69, 9.17) is 4.74 Å². The Morgan fingerprint density at radius 3 is 2.65 bits per heavy atom. The molecule has 1 aromatic rings. The van der Waals surface area contributed by atoms with Gasteiger partial charge in [-0.3, -0.25) is 0 Å². The van der Waals surface area contributed by atoms with Crippen LogP contribution in [0.2, 0.25) is 0 Å². The Kier molecular flexibility index (Phi) is 4.01. The third-order valence-electron chi connectivity index (χ3n) is 2.40. The minimum atomic E-state index is -5.70. The van der Waals surface area contributed by atoms with Crippen molar-refractivity contribution in [3.05, 3.63) is 34.3 Å². The molecule has 0 radical (unpaired) electrons. The molecule has 0 aliphatic carbocycles. The maximum atomic E-state index is 12.4. The molecule has 1 aromatic carbocycles. The van der Waals surface area contributed by atoms with E-state index in [0.717, 1.165) is 0 Å². The summed E-state index contributed by atoms with van der Waals surface area (Å²) in [4.78, 5) is 0. The van der Waals surface area contributed by atoms with E-state index in [2.05, 4.69) is 20.1 Å². The molecule has 0 aromatic heterocycles. The Morgan fingerprint density at radius 2 is 2.00 bits per heavy atom. The smallest absolute Gasteiger partial charge is 0.492 e. The van der Waals surface area contributed by atoms with Crippen LogP contribution in [0.15, 0.2) is 28.7 Å². The van der Waals surface area contributed by atoms with Gasteiger partial charge in [0.1, 0.15) is 11.5 Å². The summed E-state index contributed by atoms with van der Waals surface area (Å²) >= 11 is 3.19. The van der Waals surface area contributed by atoms with E-state index in [9.17, 15) is 21.6 Å². The zero-order chi connectivity index (χ0) is 15.0. The average molecular weight is 373 g/mol. The Hall–Kier alpha value is -1.22. The van der Waals surface area contributed by atoms with Crippen molar-refractivity contribution in [2.45, 2.75) is 11.9 Å². The predicted molar refractivity (Wildman–Crippen MR) is 68.3 cm³/mol. The highest BCUT2D eigenvalue weighted by Crippen LogP contribution is 2.36. The molecule has 2 rings (SSSR count). The second-order valence-corrected chi connectivity index (χ2v) is 6.28. The molecule has 9 heteroatoms. The summed E-state index contributed by atoms with van der Waals surface area (Å²) < 4.78 is 69.4. The van der Waals surface area contributed by atoms with Gasteiger partial charge in [0.25, 0.3) is 0 Å². The first kappa shape index (κ1) is 15.2. The van der Waals surface area contributed by atoms with Crippen LogP contribution in [-0.2, 0) is 14.3 Å². The van der Waals surface area contributed by atoms with Crippen molar-refractivity contribution < 1.29 is 30.5 Å². The molecule has 0 saturated carbocycles. The highest BCUT2D eigenvalue weighted by molar-refractivity contribution is 9.10. The van der Waals surface area contributed by atoms with Gasteiger partial charge in [0.2, 0.25) is 0 Å². The molecule has 0 amide bonds. The van der Waals surface area contributed by atoms with Gasteiger partial charge in [0.15, 0.2) is 0 Å². The molecule has 0 fully saturated rings. The van der Waals surface area contributed by atoms with E-state index in [1.807, 2.05) is 0 Å². The maximum Gasteiger partial charge on any atom is 0.534 e. The summed E-state index contributed by atoms with van der Waals surface area (Å²) in [5, 5.41) is 0. The third kappa shape index (κ3) is 3.09. The monoisotopic (exact) mass is 372 g/mol. The molecule has 1 aliphatic rings. The number of hydrogen-bond acceptors (Lipinski definition) is 4. The highest BCUT2D eigenvalue weighted by Gasteiger charge is 2.49. The van der Waals surface area contributed by atoms with Crippen LogP contribution >= 0.6 is 15.9 Å². The fourth-order valence-electron chi connectivity index (χ4n) is 1.53. The van der Waals surface area contributed by atoms with Gasteiger partial charge in [-0.1, -0.05) is 15.9 Å². The number of ether oxygens (including phenoxy) is 1. The van der Waals surface area contributed by atoms with Crippen molar-refractivity contribution in [3.8, 4) is 5.75 Å². The van der Waals surface area contributed by atoms with Crippen molar-refractivity contribution >= 4 is 31.8 Å². The normalized spacial score (nSPS) is 15.7. The number of rotatable bonds is 2. The van der Waals surface area contributed by atoms with Crippen LogP contribution < -0.4 is 4.74 Å². The largest absolute Gasteiger partial charge is 0.534 e. The fraction of sp³-hybridized carbons (Fsp3) is 0.273. The molecule has 0 unspecified atom stereocenters. The van der Waals surface area contributed by atoms with Crippen molar-refractivity contribution in [2.24, 2.45) is 0 Å². The van der Waals surface area contributed by atoms with Gasteiger partial charge in [-0.05, 0) is 24.3 Å². The quantitative estimate of drug-likeness (QED) is 0.589. The minimum Gasteiger partial charge on any atom is -0.492 e. The minimum absolute atomic E-state index is 0.151. The second kappa shape index (κ2) is 5.28. The molecular weight excluding hydrogens is 365 g/mol. The van der Waals surface area contributed by atoms with Crippen LogP contribution in [0.3, 0.4) is 0 Å². The maximum absolute atomic E-state index is 12.4. The van der Waals surface area contributed by atoms with Crippen LogP contribution in [0.25, 0.3) is 5.76 Å². The van der Waals surface area contributed by atoms with Gasteiger partial charge < -0.3 is 8.92 Å². The van der Waals surface area contributed by atoms with Crippen molar-refractivity contribution in [1.29, 1.82) is 0 Å². The fourth-order valence-corrected chi connectivity index (χ4v) is 2.36. The van der Waals surface area contributed by atoms with Crippen molar-refractivity contribution in [3.63, 3.8) is 0 Å². The molecule has 0 N–H and O–H groups in total. The van der Waals surface area contributed by atoms with Gasteiger partial charge in [-0.2, -0.15) is 21.6 Å². The van der Waals surface area contributed by atoms with Crippen molar-refractivity contribution in [2.75, 3.05) is 6.61 Å². The number of fused-ring (bicyclic) bond motifs is 1. The van der Waals surface area contributed by atoms with Crippen LogP contribution in [0.1, 0.15) is 12.0 Å². The molecule has 0 atom stereocenters. The predicted octanol–water partition coefficient (Wildman–Crippen LogP) is 3.44. The molecule has 0 bridgehead atoms. The van der Waals surface area contributed by atoms with Gasteiger partial charge in [-0.25, -0.2) is 0 Å². The zero-order valence-electron chi connectivity index (χ0n) is 9.78. The van der Waals surface area contributed by atoms with Crippen LogP contribution in [0.4, 0.5) is 13.2 Å². The van der Waals surface area contributed by atoms with Gasteiger partial charge in [-0.15, -0.1) is 0 Å². The van der Waals surface area contributed by atoms with E-state index < -0.39 is 15.6 Å². The first-order chi connectivity index (χ1) is 9.21. The Morgan fingerprint density at radius 1 is 1.30 bits per heavy atom. The molecule has 4 nitrogen and oxygen atoms in total. The topological polar surface area (TPSA) is 52.6 Å². The van der Waals surface area contributed by atoms with Crippen LogP contribution in [0, 0.1) is 0 Å². The number of benzene rings is 1. The lowest BCUT2D eigenvalue weighted by atomic mass is 10.1. The van der Waals surface area contributed by atoms with Crippen LogP contribution in [0.5, 0.6) is 5.75 Å². The average Bonchev–Trinajstić information content (AvgIpc) is 2.49. The van der Waals surface area contributed by atoms with Crippen LogP contribution in [-0.4, -0.2) is 20.5 Å². The Bertz CT molecular complexity index is 652. The highest BCUT2D eigenvalue weighted by atomic mass is 79.9. The summed E-state index contributed by atoms with van der Waals surface area (Å²) in [5.74, 6) is -0.136. The van der Waals surface area contributed by atoms with E-state index in [0.29, 0.717) is 4.47 Å². The molecule has 0 spiro atoms. The first-order valence-electron chi connectivity index (χ1n) is 5.34. The third-order valence-corrected chi connectivity index (χ3v) is 3.86. The Balaban J connectivity index is 2.42. The SMILES string of the molecule is O=S(=O)(OC1=CCCOc2cc(Br)ccc21)C(F)(F)F. The van der Waals surface area contributed by atoms with Gasteiger partial charge >= 0.3 is 15.6 Å². The van der Waals surface area contributed by atoms with Gasteiger partial charge in [0, 0.05) is 10.9 Å². The summed E-state index contributed by atoms with van der Waals surface area (Å²) in [7, 11) is -5.70. The second-order valence-electron chi connectivity index (χ2n) is 3.83. The summed E-state index contributed by atoms with van der Waals surface area (Å²) in [5.41, 5.74) is -5.32. The van der Waals surface area contributed by atoms with E-state index in [1.54, 1.807) is 6.07 Å². The van der Waals surface area contributed by atoms with E-state index in [-0.39, 0.29) is 30.1 Å². The van der Waals surface area contributed by atoms with Crippen molar-refractivity contribution in [1.82, 2.24) is 0 Å². The number of halogens is 4. The molecule has 20 heavy (non-hydrogen) atoms. The Labute approximate surface area is 121 Å². The molecule has 110 valence electrons. The number of hydrogen-bond donors (Lipinski definition) is 0. The molecular formula is C11H8BrF3O4S. The lowest BCUT2D eigenvalue weighted by Crippen LogP contribution is -2.25. The summed E-state index contributed by atoms with van der Waals surface area (Å²) in [6.07, 6.45) is 1.48. The lowest BCUT2D eigenvalue weighted by Gasteiger charge is -2.13. The summed E-state index contributed by atoms with van der Waals surface area (Å²) in [6.45, 7) is 0.211. The van der Waals surface area contributed by atoms with E-state index in [1.165, 1.54) is 18.2 Å². The molecule has 0 saturated heterocycles. The molecule has 1 heterocycles. The summed E-state index contributed by atoms with van der Waals surface area (Å²) in [6, 6.07) is 4.49. The van der Waals surface area contributed by atoms with E-state index >= 15 is 0 Å². The standard InChI is InChI=1S/C11H8BrF3O4S/c12-7-3-4-8-9(2-1-5-18-10(8)6-7)19-20(16,17)11(13,14)15/h2-4,6H,1,5H2. The lowest BCUT2D eigenvalue weighted by molar-refractivity contribution is -0.0509. The first-order valence-corrected chi connectivity index (χ1v) is 7.54. The number of alkyl halides is 3. The zero-order valence-corrected chi connectivity index (χ0v) is 12.2.